The Balaban J connectivity index is 1.36. The number of carbonyl (C=O) groups excluding carboxylic acids is 1. The zero-order valence-corrected chi connectivity index (χ0v) is 17.1. The highest BCUT2D eigenvalue weighted by Crippen LogP contribution is 2.44. The monoisotopic (exact) mass is 381 g/mol. The molecule has 0 aliphatic carbocycles. The van der Waals surface area contributed by atoms with Gasteiger partial charge in [-0.05, 0) is 63.9 Å². The fourth-order valence-electron chi connectivity index (χ4n) is 5.44. The number of amides is 1. The van der Waals surface area contributed by atoms with Crippen molar-refractivity contribution in [1.82, 2.24) is 14.8 Å². The number of aromatic amines is 1. The van der Waals surface area contributed by atoms with Crippen LogP contribution in [-0.4, -0.2) is 60.5 Å². The van der Waals surface area contributed by atoms with Gasteiger partial charge in [0.25, 0.3) is 0 Å². The van der Waals surface area contributed by atoms with E-state index in [1.165, 1.54) is 22.2 Å². The summed E-state index contributed by atoms with van der Waals surface area (Å²) >= 11 is 0. The topological polar surface area (TPSA) is 48.6 Å². The first-order valence-corrected chi connectivity index (χ1v) is 10.7. The van der Waals surface area contributed by atoms with Crippen molar-refractivity contribution in [1.29, 1.82) is 0 Å². The molecule has 4 heterocycles. The molecule has 5 nitrogen and oxygen atoms in total. The lowest BCUT2D eigenvalue weighted by Gasteiger charge is -2.46. The van der Waals surface area contributed by atoms with Crippen LogP contribution in [-0.2, 0) is 21.6 Å². The molecule has 5 rings (SSSR count). The minimum Gasteiger partial charge on any atom is -0.368 e. The van der Waals surface area contributed by atoms with Gasteiger partial charge in [0, 0.05) is 29.4 Å². The predicted molar refractivity (Wildman–Crippen MR) is 110 cm³/mol. The number of para-hydroxylation sites is 1. The van der Waals surface area contributed by atoms with E-state index in [1.807, 2.05) is 0 Å². The van der Waals surface area contributed by atoms with Crippen LogP contribution >= 0.6 is 0 Å². The lowest BCUT2D eigenvalue weighted by Crippen LogP contribution is -2.53. The van der Waals surface area contributed by atoms with E-state index in [9.17, 15) is 4.79 Å². The van der Waals surface area contributed by atoms with Crippen LogP contribution in [0.2, 0.25) is 0 Å². The van der Waals surface area contributed by atoms with Gasteiger partial charge in [0.15, 0.2) is 0 Å². The SMILES string of the molecule is CN1CCC(C)(C(=O)N2CCC3(CC2)OCCc2c3[nH]c3ccccc23)CC1. The molecule has 1 N–H and O–H groups in total. The predicted octanol–water partition coefficient (Wildman–Crippen LogP) is 3.29. The summed E-state index contributed by atoms with van der Waals surface area (Å²) in [5.41, 5.74) is 3.43. The molecule has 1 aromatic carbocycles. The molecular formula is C23H31N3O2. The zero-order chi connectivity index (χ0) is 19.4. The summed E-state index contributed by atoms with van der Waals surface area (Å²) in [6, 6.07) is 8.56. The maximum absolute atomic E-state index is 13.3. The Morgan fingerprint density at radius 3 is 2.54 bits per heavy atom. The van der Waals surface area contributed by atoms with Gasteiger partial charge in [-0.1, -0.05) is 25.1 Å². The van der Waals surface area contributed by atoms with Crippen molar-refractivity contribution in [3.63, 3.8) is 0 Å². The number of ether oxygens (including phenoxy) is 1. The number of fused-ring (bicyclic) bond motifs is 4. The quantitative estimate of drug-likeness (QED) is 0.825. The molecule has 2 saturated heterocycles. The van der Waals surface area contributed by atoms with Crippen LogP contribution in [0.25, 0.3) is 10.9 Å². The first-order valence-electron chi connectivity index (χ1n) is 10.7. The van der Waals surface area contributed by atoms with Crippen molar-refractivity contribution in [2.45, 2.75) is 44.6 Å². The van der Waals surface area contributed by atoms with Crippen LogP contribution in [0.15, 0.2) is 24.3 Å². The van der Waals surface area contributed by atoms with Crippen molar-refractivity contribution >= 4 is 16.8 Å². The molecule has 3 aliphatic heterocycles. The van der Waals surface area contributed by atoms with Gasteiger partial charge in [0.1, 0.15) is 5.60 Å². The molecule has 1 aromatic heterocycles. The average molecular weight is 382 g/mol. The van der Waals surface area contributed by atoms with Crippen molar-refractivity contribution in [2.24, 2.45) is 5.41 Å². The summed E-state index contributed by atoms with van der Waals surface area (Å²) in [5.74, 6) is 0.350. The number of piperidine rings is 2. The van der Waals surface area contributed by atoms with Crippen molar-refractivity contribution in [3.8, 4) is 0 Å². The molecule has 28 heavy (non-hydrogen) atoms. The second kappa shape index (κ2) is 6.60. The lowest BCUT2D eigenvalue weighted by atomic mass is 9.77. The molecule has 1 spiro atoms. The molecule has 3 aliphatic rings. The standard InChI is InChI=1S/C23H31N3O2/c1-22(8-12-25(2)13-9-22)21(27)26-14-10-23(11-15-26)20-18(7-16-28-23)17-5-3-4-6-19(17)24-20/h3-6,24H,7-16H2,1-2H3. The Hall–Kier alpha value is -1.85. The fourth-order valence-corrected chi connectivity index (χ4v) is 5.44. The summed E-state index contributed by atoms with van der Waals surface area (Å²) in [5, 5.41) is 1.33. The van der Waals surface area contributed by atoms with E-state index in [2.05, 4.69) is 53.0 Å². The highest BCUT2D eigenvalue weighted by Gasteiger charge is 2.46. The minimum atomic E-state index is -0.253. The molecule has 0 bridgehead atoms. The van der Waals surface area contributed by atoms with Crippen LogP contribution in [0.3, 0.4) is 0 Å². The van der Waals surface area contributed by atoms with E-state index < -0.39 is 0 Å². The maximum atomic E-state index is 13.3. The van der Waals surface area contributed by atoms with Gasteiger partial charge in [-0.2, -0.15) is 0 Å². The van der Waals surface area contributed by atoms with Gasteiger partial charge in [-0.15, -0.1) is 0 Å². The number of nitrogens with one attached hydrogen (secondary N) is 1. The molecule has 0 unspecified atom stereocenters. The molecule has 2 aromatic rings. The Labute approximate surface area is 167 Å². The van der Waals surface area contributed by atoms with Crippen LogP contribution in [0.1, 0.15) is 43.9 Å². The number of rotatable bonds is 1. The van der Waals surface area contributed by atoms with E-state index in [1.54, 1.807) is 0 Å². The summed E-state index contributed by atoms with van der Waals surface area (Å²) in [6.07, 6.45) is 4.66. The Bertz CT molecular complexity index is 886. The number of H-pyrrole nitrogens is 1. The van der Waals surface area contributed by atoms with Gasteiger partial charge in [0.2, 0.25) is 5.91 Å². The lowest BCUT2D eigenvalue weighted by molar-refractivity contribution is -0.152. The van der Waals surface area contributed by atoms with Crippen LogP contribution in [0.5, 0.6) is 0 Å². The Morgan fingerprint density at radius 1 is 1.07 bits per heavy atom. The average Bonchev–Trinajstić information content (AvgIpc) is 3.11. The van der Waals surface area contributed by atoms with Gasteiger partial charge in [-0.3, -0.25) is 4.79 Å². The summed E-state index contributed by atoms with van der Waals surface area (Å²) < 4.78 is 6.40. The van der Waals surface area contributed by atoms with Gasteiger partial charge in [0.05, 0.1) is 12.3 Å². The van der Waals surface area contributed by atoms with Crippen molar-refractivity contribution in [3.05, 3.63) is 35.5 Å². The third kappa shape index (κ3) is 2.79. The van der Waals surface area contributed by atoms with E-state index in [0.29, 0.717) is 5.91 Å². The molecule has 0 saturated carbocycles. The minimum absolute atomic E-state index is 0.198. The molecule has 1 amide bonds. The van der Waals surface area contributed by atoms with Crippen LogP contribution in [0.4, 0.5) is 0 Å². The normalized spacial score (nSPS) is 24.4. The fraction of sp³-hybridized carbons (Fsp3) is 0.609. The first kappa shape index (κ1) is 18.2. The molecule has 0 atom stereocenters. The Morgan fingerprint density at radius 2 is 1.79 bits per heavy atom. The molecule has 2 fully saturated rings. The first-order chi connectivity index (χ1) is 13.5. The summed E-state index contributed by atoms with van der Waals surface area (Å²) in [6.45, 7) is 6.55. The van der Waals surface area contributed by atoms with E-state index in [4.69, 9.17) is 4.74 Å². The molecule has 150 valence electrons. The van der Waals surface area contributed by atoms with Crippen LogP contribution < -0.4 is 0 Å². The molecular weight excluding hydrogens is 350 g/mol. The van der Waals surface area contributed by atoms with E-state index in [0.717, 1.165) is 64.9 Å². The Kier molecular flexibility index (Phi) is 4.29. The second-order valence-electron chi connectivity index (χ2n) is 9.27. The summed E-state index contributed by atoms with van der Waals surface area (Å²) in [4.78, 5) is 21.4. The number of hydrogen-bond donors (Lipinski definition) is 1. The largest absolute Gasteiger partial charge is 0.368 e. The van der Waals surface area contributed by atoms with E-state index >= 15 is 0 Å². The number of hydrogen-bond acceptors (Lipinski definition) is 3. The third-order valence-electron chi connectivity index (χ3n) is 7.46. The van der Waals surface area contributed by atoms with Gasteiger partial charge >= 0.3 is 0 Å². The van der Waals surface area contributed by atoms with E-state index in [-0.39, 0.29) is 11.0 Å². The smallest absolute Gasteiger partial charge is 0.228 e. The number of carbonyl (C=O) groups is 1. The van der Waals surface area contributed by atoms with Crippen molar-refractivity contribution in [2.75, 3.05) is 39.8 Å². The number of likely N-dealkylation sites (tertiary alicyclic amines) is 2. The molecule has 0 radical (unpaired) electrons. The van der Waals surface area contributed by atoms with Crippen LogP contribution in [0, 0.1) is 5.41 Å². The number of aromatic nitrogens is 1. The highest BCUT2D eigenvalue weighted by molar-refractivity contribution is 5.85. The second-order valence-corrected chi connectivity index (χ2v) is 9.27. The number of nitrogens with zero attached hydrogens (tertiary/aromatic N) is 2. The highest BCUT2D eigenvalue weighted by atomic mass is 16.5. The number of benzene rings is 1. The third-order valence-corrected chi connectivity index (χ3v) is 7.46. The van der Waals surface area contributed by atoms with Crippen molar-refractivity contribution < 1.29 is 9.53 Å². The summed E-state index contributed by atoms with van der Waals surface area (Å²) in [7, 11) is 2.15. The molecule has 5 heteroatoms. The van der Waals surface area contributed by atoms with Gasteiger partial charge < -0.3 is 19.5 Å². The maximum Gasteiger partial charge on any atom is 0.228 e. The van der Waals surface area contributed by atoms with Gasteiger partial charge in [-0.25, -0.2) is 0 Å². The zero-order valence-electron chi connectivity index (χ0n) is 17.1.